The maximum Gasteiger partial charge on any atom is 0.338 e. The number of methoxy groups -OCH3 is 1. The Morgan fingerprint density at radius 1 is 1.53 bits per heavy atom. The summed E-state index contributed by atoms with van der Waals surface area (Å²) in [4.78, 5) is 15.2. The third kappa shape index (κ3) is 1.52. The Bertz CT molecular complexity index is 529. The molecule has 5 heteroatoms. The first-order chi connectivity index (χ1) is 7.11. The van der Waals surface area contributed by atoms with Crippen LogP contribution >= 0.6 is 0 Å². The molecule has 0 spiro atoms. The van der Waals surface area contributed by atoms with Gasteiger partial charge in [0.15, 0.2) is 17.0 Å². The van der Waals surface area contributed by atoms with Gasteiger partial charge in [-0.1, -0.05) is 0 Å². The van der Waals surface area contributed by atoms with Gasteiger partial charge in [0.2, 0.25) is 0 Å². The molecule has 1 aromatic carbocycles. The zero-order valence-corrected chi connectivity index (χ0v) is 8.27. The highest BCUT2D eigenvalue weighted by Gasteiger charge is 2.13. The van der Waals surface area contributed by atoms with Crippen LogP contribution in [-0.2, 0) is 4.74 Å². The number of carbonyl (C=O) groups is 1. The standard InChI is InChI=1S/C10H9NO4/c1-5-11-9-7(12)3-6(10(13)14-2)4-8(9)15-5/h3-4,12H,1-2H3. The molecule has 15 heavy (non-hydrogen) atoms. The summed E-state index contributed by atoms with van der Waals surface area (Å²) in [5.41, 5.74) is 0.951. The molecule has 5 nitrogen and oxygen atoms in total. The molecule has 0 aliphatic rings. The second kappa shape index (κ2) is 3.27. The second-order valence-electron chi connectivity index (χ2n) is 3.07. The fourth-order valence-corrected chi connectivity index (χ4v) is 1.36. The molecule has 0 fully saturated rings. The van der Waals surface area contributed by atoms with Crippen molar-refractivity contribution < 1.29 is 19.1 Å². The molecule has 1 heterocycles. The van der Waals surface area contributed by atoms with Crippen LogP contribution in [0.25, 0.3) is 11.1 Å². The highest BCUT2D eigenvalue weighted by Crippen LogP contribution is 2.26. The molecule has 2 rings (SSSR count). The molecule has 2 aromatic rings. The molecule has 0 unspecified atom stereocenters. The second-order valence-corrected chi connectivity index (χ2v) is 3.07. The van der Waals surface area contributed by atoms with Crippen LogP contribution in [0, 0.1) is 6.92 Å². The molecular weight excluding hydrogens is 198 g/mol. The lowest BCUT2D eigenvalue weighted by atomic mass is 10.2. The SMILES string of the molecule is COC(=O)c1cc(O)c2nc(C)oc2c1. The van der Waals surface area contributed by atoms with E-state index < -0.39 is 5.97 Å². The fraction of sp³-hybridized carbons (Fsp3) is 0.200. The number of fused-ring (bicyclic) bond motifs is 1. The number of hydrogen-bond donors (Lipinski definition) is 1. The summed E-state index contributed by atoms with van der Waals surface area (Å²) < 4.78 is 9.74. The number of rotatable bonds is 1. The van der Waals surface area contributed by atoms with E-state index in [1.807, 2.05) is 0 Å². The fourth-order valence-electron chi connectivity index (χ4n) is 1.36. The summed E-state index contributed by atoms with van der Waals surface area (Å²) in [7, 11) is 1.27. The van der Waals surface area contributed by atoms with E-state index in [0.717, 1.165) is 0 Å². The van der Waals surface area contributed by atoms with Gasteiger partial charge in [0.25, 0.3) is 0 Å². The topological polar surface area (TPSA) is 72.6 Å². The predicted octanol–water partition coefficient (Wildman–Crippen LogP) is 1.63. The number of hydrogen-bond acceptors (Lipinski definition) is 5. The van der Waals surface area contributed by atoms with Gasteiger partial charge in [-0.15, -0.1) is 0 Å². The third-order valence-corrected chi connectivity index (χ3v) is 2.00. The maximum atomic E-state index is 11.2. The summed E-state index contributed by atoms with van der Waals surface area (Å²) in [6.45, 7) is 1.66. The Morgan fingerprint density at radius 3 is 2.93 bits per heavy atom. The van der Waals surface area contributed by atoms with E-state index in [4.69, 9.17) is 4.42 Å². The normalized spacial score (nSPS) is 10.5. The Labute approximate surface area is 85.3 Å². The molecule has 0 radical (unpaired) electrons. The van der Waals surface area contributed by atoms with Gasteiger partial charge in [-0.25, -0.2) is 9.78 Å². The number of esters is 1. The number of aryl methyl sites for hydroxylation is 1. The van der Waals surface area contributed by atoms with Crippen LogP contribution in [-0.4, -0.2) is 23.2 Å². The van der Waals surface area contributed by atoms with Gasteiger partial charge >= 0.3 is 5.97 Å². The minimum Gasteiger partial charge on any atom is -0.506 e. The van der Waals surface area contributed by atoms with Crippen molar-refractivity contribution in [1.82, 2.24) is 4.98 Å². The average molecular weight is 207 g/mol. The summed E-state index contributed by atoms with van der Waals surface area (Å²) in [5, 5.41) is 9.58. The summed E-state index contributed by atoms with van der Waals surface area (Å²) in [5.74, 6) is -0.187. The Morgan fingerprint density at radius 2 is 2.27 bits per heavy atom. The predicted molar refractivity (Wildman–Crippen MR) is 51.8 cm³/mol. The maximum absolute atomic E-state index is 11.2. The highest BCUT2D eigenvalue weighted by atomic mass is 16.5. The molecule has 78 valence electrons. The molecule has 0 saturated heterocycles. The van der Waals surface area contributed by atoms with Crippen LogP contribution in [0.4, 0.5) is 0 Å². The van der Waals surface area contributed by atoms with Gasteiger partial charge in [0, 0.05) is 6.92 Å². The molecule has 0 aliphatic heterocycles. The van der Waals surface area contributed by atoms with Crippen molar-refractivity contribution >= 4 is 17.1 Å². The number of ether oxygens (including phenoxy) is 1. The minimum atomic E-state index is -0.527. The number of nitrogens with zero attached hydrogens (tertiary/aromatic N) is 1. The lowest BCUT2D eigenvalue weighted by Crippen LogP contribution is -2.00. The Kier molecular flexibility index (Phi) is 2.07. The van der Waals surface area contributed by atoms with E-state index in [0.29, 0.717) is 17.0 Å². The van der Waals surface area contributed by atoms with Gasteiger partial charge in [-0.05, 0) is 12.1 Å². The van der Waals surface area contributed by atoms with Crippen LogP contribution < -0.4 is 0 Å². The number of aromatic nitrogens is 1. The number of benzene rings is 1. The molecular formula is C10H9NO4. The van der Waals surface area contributed by atoms with Gasteiger partial charge in [0.05, 0.1) is 12.7 Å². The van der Waals surface area contributed by atoms with Crippen molar-refractivity contribution in [3.05, 3.63) is 23.6 Å². The zero-order valence-electron chi connectivity index (χ0n) is 8.27. The van der Waals surface area contributed by atoms with Crippen molar-refractivity contribution in [3.8, 4) is 5.75 Å². The number of oxazole rings is 1. The smallest absolute Gasteiger partial charge is 0.338 e. The summed E-state index contributed by atoms with van der Waals surface area (Å²) >= 11 is 0. The molecule has 1 aromatic heterocycles. The molecule has 0 amide bonds. The molecule has 0 atom stereocenters. The number of phenolic OH excluding ortho intramolecular Hbond substituents is 1. The summed E-state index contributed by atoms with van der Waals surface area (Å²) in [6.07, 6.45) is 0. The number of carbonyl (C=O) groups excluding carboxylic acids is 1. The largest absolute Gasteiger partial charge is 0.506 e. The van der Waals surface area contributed by atoms with Crippen LogP contribution in [0.1, 0.15) is 16.2 Å². The van der Waals surface area contributed by atoms with Crippen molar-refractivity contribution in [2.45, 2.75) is 6.92 Å². The van der Waals surface area contributed by atoms with Crippen molar-refractivity contribution in [2.24, 2.45) is 0 Å². The van der Waals surface area contributed by atoms with E-state index in [1.165, 1.54) is 19.2 Å². The monoisotopic (exact) mass is 207 g/mol. The van der Waals surface area contributed by atoms with E-state index in [9.17, 15) is 9.90 Å². The van der Waals surface area contributed by atoms with Crippen LogP contribution in [0.5, 0.6) is 5.75 Å². The van der Waals surface area contributed by atoms with E-state index in [-0.39, 0.29) is 11.3 Å². The van der Waals surface area contributed by atoms with Crippen LogP contribution in [0.2, 0.25) is 0 Å². The quantitative estimate of drug-likeness (QED) is 0.719. The Hall–Kier alpha value is -2.04. The first-order valence-corrected chi connectivity index (χ1v) is 4.30. The summed E-state index contributed by atoms with van der Waals surface area (Å²) in [6, 6.07) is 2.79. The van der Waals surface area contributed by atoms with Gasteiger partial charge in [-0.2, -0.15) is 0 Å². The Balaban J connectivity index is 2.66. The van der Waals surface area contributed by atoms with E-state index >= 15 is 0 Å². The van der Waals surface area contributed by atoms with Crippen molar-refractivity contribution in [3.63, 3.8) is 0 Å². The molecule has 0 saturated carbocycles. The van der Waals surface area contributed by atoms with Gasteiger partial charge in [0.1, 0.15) is 5.75 Å². The molecule has 0 aliphatic carbocycles. The van der Waals surface area contributed by atoms with Crippen molar-refractivity contribution in [2.75, 3.05) is 7.11 Å². The molecule has 0 bridgehead atoms. The first-order valence-electron chi connectivity index (χ1n) is 4.30. The van der Waals surface area contributed by atoms with Crippen molar-refractivity contribution in [1.29, 1.82) is 0 Å². The van der Waals surface area contributed by atoms with E-state index in [1.54, 1.807) is 6.92 Å². The van der Waals surface area contributed by atoms with Crippen LogP contribution in [0.15, 0.2) is 16.5 Å². The average Bonchev–Trinajstić information content (AvgIpc) is 2.58. The lowest BCUT2D eigenvalue weighted by Gasteiger charge is -1.99. The number of aromatic hydroxyl groups is 1. The lowest BCUT2D eigenvalue weighted by molar-refractivity contribution is 0.0600. The van der Waals surface area contributed by atoms with E-state index in [2.05, 4.69) is 9.72 Å². The minimum absolute atomic E-state index is 0.0928. The first kappa shape index (κ1) is 9.51. The molecule has 1 N–H and O–H groups in total. The van der Waals surface area contributed by atoms with Gasteiger partial charge < -0.3 is 14.3 Å². The zero-order chi connectivity index (χ0) is 11.0. The third-order valence-electron chi connectivity index (χ3n) is 2.00. The highest BCUT2D eigenvalue weighted by molar-refractivity contribution is 5.95. The number of phenols is 1. The van der Waals surface area contributed by atoms with Crippen LogP contribution in [0.3, 0.4) is 0 Å². The van der Waals surface area contributed by atoms with Gasteiger partial charge in [-0.3, -0.25) is 0 Å².